The van der Waals surface area contributed by atoms with Gasteiger partial charge < -0.3 is 15.4 Å². The van der Waals surface area contributed by atoms with E-state index >= 15 is 0 Å². The molecule has 19 heavy (non-hydrogen) atoms. The zero-order valence-electron chi connectivity index (χ0n) is 12.0. The van der Waals surface area contributed by atoms with E-state index in [0.29, 0.717) is 25.4 Å². The molecule has 0 aliphatic rings. The Kier molecular flexibility index (Phi) is 6.05. The zero-order valence-corrected chi connectivity index (χ0v) is 12.0. The molecule has 0 spiro atoms. The fraction of sp³-hybridized carbons (Fsp3) is 0.615. The summed E-state index contributed by atoms with van der Waals surface area (Å²) < 4.78 is 4.87. The fourth-order valence-electron chi connectivity index (χ4n) is 1.66. The second kappa shape index (κ2) is 7.56. The van der Waals surface area contributed by atoms with Crippen molar-refractivity contribution in [1.82, 2.24) is 9.97 Å². The zero-order chi connectivity index (χ0) is 14.3. The van der Waals surface area contributed by atoms with Crippen LogP contribution in [-0.2, 0) is 9.53 Å². The third kappa shape index (κ3) is 4.73. The first-order valence-corrected chi connectivity index (χ1v) is 6.57. The minimum Gasteiger partial charge on any atom is -0.466 e. The summed E-state index contributed by atoms with van der Waals surface area (Å²) in [7, 11) is 0. The van der Waals surface area contributed by atoms with Gasteiger partial charge in [0.05, 0.1) is 13.0 Å². The number of anilines is 2. The molecular weight excluding hydrogens is 244 g/mol. The van der Waals surface area contributed by atoms with Crippen molar-refractivity contribution in [3.63, 3.8) is 0 Å². The highest BCUT2D eigenvalue weighted by atomic mass is 16.5. The smallest absolute Gasteiger partial charge is 0.307 e. The average molecular weight is 266 g/mol. The number of esters is 1. The van der Waals surface area contributed by atoms with Crippen molar-refractivity contribution in [2.75, 3.05) is 30.3 Å². The van der Waals surface area contributed by atoms with Crippen LogP contribution in [-0.4, -0.2) is 35.6 Å². The molecule has 0 radical (unpaired) electrons. The number of rotatable bonds is 7. The number of carbonyl (C=O) groups is 1. The first kappa shape index (κ1) is 15.2. The number of nitrogens with one attached hydrogen (secondary N) is 2. The first-order valence-electron chi connectivity index (χ1n) is 6.57. The van der Waals surface area contributed by atoms with E-state index in [1.807, 2.05) is 20.8 Å². The minimum atomic E-state index is -0.203. The van der Waals surface area contributed by atoms with Gasteiger partial charge in [0, 0.05) is 18.7 Å². The van der Waals surface area contributed by atoms with E-state index in [1.165, 1.54) is 0 Å². The van der Waals surface area contributed by atoms with Gasteiger partial charge in [-0.05, 0) is 27.7 Å². The topological polar surface area (TPSA) is 76.1 Å². The maximum Gasteiger partial charge on any atom is 0.307 e. The van der Waals surface area contributed by atoms with Gasteiger partial charge in [-0.1, -0.05) is 0 Å². The lowest BCUT2D eigenvalue weighted by molar-refractivity contribution is -0.142. The second-order valence-electron chi connectivity index (χ2n) is 4.11. The van der Waals surface area contributed by atoms with Crippen molar-refractivity contribution in [2.24, 2.45) is 0 Å². The lowest BCUT2D eigenvalue weighted by Gasteiger charge is -2.13. The fourth-order valence-corrected chi connectivity index (χ4v) is 1.66. The maximum atomic E-state index is 11.2. The number of ether oxygens (including phenoxy) is 1. The molecule has 1 rings (SSSR count). The molecule has 6 nitrogen and oxygen atoms in total. The van der Waals surface area contributed by atoms with Crippen LogP contribution in [0, 0.1) is 13.8 Å². The van der Waals surface area contributed by atoms with Crippen LogP contribution in [0.4, 0.5) is 11.6 Å². The Hall–Kier alpha value is -1.85. The van der Waals surface area contributed by atoms with Gasteiger partial charge in [-0.25, -0.2) is 9.97 Å². The van der Waals surface area contributed by atoms with Gasteiger partial charge in [0.1, 0.15) is 17.5 Å². The minimum absolute atomic E-state index is 0.203. The number of aromatic nitrogens is 2. The summed E-state index contributed by atoms with van der Waals surface area (Å²) in [6.07, 6.45) is 0.326. The van der Waals surface area contributed by atoms with Crippen LogP contribution in [0.15, 0.2) is 0 Å². The summed E-state index contributed by atoms with van der Waals surface area (Å²) in [4.78, 5) is 19.9. The van der Waals surface area contributed by atoms with Gasteiger partial charge in [-0.15, -0.1) is 0 Å². The summed E-state index contributed by atoms with van der Waals surface area (Å²) in [5, 5.41) is 6.34. The summed E-state index contributed by atoms with van der Waals surface area (Å²) in [5.74, 6) is 2.08. The van der Waals surface area contributed by atoms with Crippen LogP contribution < -0.4 is 10.6 Å². The number of hydrogen-bond donors (Lipinski definition) is 2. The predicted molar refractivity (Wildman–Crippen MR) is 75.4 cm³/mol. The Morgan fingerprint density at radius 1 is 1.16 bits per heavy atom. The van der Waals surface area contributed by atoms with Crippen LogP contribution in [0.25, 0.3) is 0 Å². The molecule has 0 fully saturated rings. The van der Waals surface area contributed by atoms with Crippen LogP contribution >= 0.6 is 0 Å². The quantitative estimate of drug-likeness (QED) is 0.734. The summed E-state index contributed by atoms with van der Waals surface area (Å²) >= 11 is 0. The van der Waals surface area contributed by atoms with E-state index in [9.17, 15) is 4.79 Å². The Bertz CT molecular complexity index is 435. The molecular formula is C13H22N4O2. The molecule has 0 aliphatic heterocycles. The molecule has 1 aromatic rings. The summed E-state index contributed by atoms with van der Waals surface area (Å²) in [5.41, 5.74) is 0.955. The molecule has 1 heterocycles. The van der Waals surface area contributed by atoms with Gasteiger partial charge in [0.15, 0.2) is 0 Å². The molecule has 0 bridgehead atoms. The molecule has 0 atom stereocenters. The molecule has 106 valence electrons. The van der Waals surface area contributed by atoms with Crippen molar-refractivity contribution in [1.29, 1.82) is 0 Å². The number of carbonyl (C=O) groups excluding carboxylic acids is 1. The third-order valence-corrected chi connectivity index (χ3v) is 2.53. The Morgan fingerprint density at radius 3 is 2.37 bits per heavy atom. The predicted octanol–water partition coefficient (Wildman–Crippen LogP) is 1.89. The Labute approximate surface area is 114 Å². The van der Waals surface area contributed by atoms with Crippen molar-refractivity contribution in [3.05, 3.63) is 11.4 Å². The van der Waals surface area contributed by atoms with Crippen molar-refractivity contribution < 1.29 is 9.53 Å². The Morgan fingerprint density at radius 2 is 1.79 bits per heavy atom. The molecule has 0 unspecified atom stereocenters. The van der Waals surface area contributed by atoms with Crippen molar-refractivity contribution >= 4 is 17.6 Å². The van der Waals surface area contributed by atoms with Crippen LogP contribution in [0.3, 0.4) is 0 Å². The molecule has 0 amide bonds. The van der Waals surface area contributed by atoms with Crippen LogP contribution in [0.2, 0.25) is 0 Å². The highest BCUT2D eigenvalue weighted by molar-refractivity contribution is 5.70. The van der Waals surface area contributed by atoms with Crippen molar-refractivity contribution in [2.45, 2.75) is 34.1 Å². The van der Waals surface area contributed by atoms with Gasteiger partial charge in [-0.2, -0.15) is 0 Å². The number of nitrogens with zero attached hydrogens (tertiary/aromatic N) is 2. The standard InChI is InChI=1S/C13H22N4O2/c1-5-14-12-9(3)13(17-10(4)16-12)15-8-7-11(18)19-6-2/h5-8H2,1-4H3,(H2,14,15,16,17). The highest BCUT2D eigenvalue weighted by Crippen LogP contribution is 2.19. The highest BCUT2D eigenvalue weighted by Gasteiger charge is 2.09. The molecule has 0 aliphatic carbocycles. The lowest BCUT2D eigenvalue weighted by atomic mass is 10.3. The molecule has 1 aromatic heterocycles. The maximum absolute atomic E-state index is 11.2. The SMILES string of the molecule is CCNc1nc(C)nc(NCCC(=O)OCC)c1C. The van der Waals surface area contributed by atoms with Gasteiger partial charge in [-0.3, -0.25) is 4.79 Å². The lowest BCUT2D eigenvalue weighted by Crippen LogP contribution is -2.14. The summed E-state index contributed by atoms with van der Waals surface area (Å²) in [6.45, 7) is 9.33. The van der Waals surface area contributed by atoms with E-state index in [4.69, 9.17) is 4.74 Å². The van der Waals surface area contributed by atoms with Crippen molar-refractivity contribution in [3.8, 4) is 0 Å². The normalized spacial score (nSPS) is 10.1. The van der Waals surface area contributed by atoms with Crippen LogP contribution in [0.5, 0.6) is 0 Å². The van der Waals surface area contributed by atoms with E-state index in [0.717, 1.165) is 23.7 Å². The van der Waals surface area contributed by atoms with Crippen LogP contribution in [0.1, 0.15) is 31.7 Å². The van der Waals surface area contributed by atoms with Gasteiger partial charge in [0.25, 0.3) is 0 Å². The van der Waals surface area contributed by atoms with E-state index in [-0.39, 0.29) is 5.97 Å². The number of hydrogen-bond acceptors (Lipinski definition) is 6. The summed E-state index contributed by atoms with van der Waals surface area (Å²) in [6, 6.07) is 0. The molecule has 0 aromatic carbocycles. The van der Waals surface area contributed by atoms with E-state index in [1.54, 1.807) is 6.92 Å². The monoisotopic (exact) mass is 266 g/mol. The molecule has 0 saturated carbocycles. The second-order valence-corrected chi connectivity index (χ2v) is 4.11. The van der Waals surface area contributed by atoms with E-state index < -0.39 is 0 Å². The third-order valence-electron chi connectivity index (χ3n) is 2.53. The molecule has 6 heteroatoms. The molecule has 2 N–H and O–H groups in total. The van der Waals surface area contributed by atoms with E-state index in [2.05, 4.69) is 20.6 Å². The Balaban J connectivity index is 2.65. The largest absolute Gasteiger partial charge is 0.466 e. The molecule has 0 saturated heterocycles. The average Bonchev–Trinajstić information content (AvgIpc) is 2.35. The van der Waals surface area contributed by atoms with Gasteiger partial charge >= 0.3 is 5.97 Å². The number of aryl methyl sites for hydroxylation is 1. The first-order chi connectivity index (χ1) is 9.08. The van der Waals surface area contributed by atoms with Gasteiger partial charge in [0.2, 0.25) is 0 Å².